The smallest absolute Gasteiger partial charge is 0.337 e. The van der Waals surface area contributed by atoms with Crippen molar-refractivity contribution in [2.45, 2.75) is 51.5 Å². The van der Waals surface area contributed by atoms with Crippen LogP contribution in [0.3, 0.4) is 0 Å². The van der Waals surface area contributed by atoms with Crippen LogP contribution in [-0.4, -0.2) is 32.6 Å². The lowest BCUT2D eigenvalue weighted by Gasteiger charge is -2.12. The molecule has 1 fully saturated rings. The Bertz CT molecular complexity index is 1100. The molecule has 1 saturated carbocycles. The SMILES string of the molecule is CCCn1c(C2CCCC2)nc2nc(Oc3cccc(C(=O)OC)c3)[nH]c(=O)c21. The number of hydrogen-bond donors (Lipinski definition) is 1. The summed E-state index contributed by atoms with van der Waals surface area (Å²) in [6, 6.07) is 6.56. The van der Waals surface area contributed by atoms with E-state index < -0.39 is 5.97 Å². The quantitative estimate of drug-likeness (QED) is 0.637. The number of esters is 1. The average molecular weight is 396 g/mol. The van der Waals surface area contributed by atoms with E-state index in [1.165, 1.54) is 26.0 Å². The second kappa shape index (κ2) is 8.06. The summed E-state index contributed by atoms with van der Waals surface area (Å²) >= 11 is 0. The lowest BCUT2D eigenvalue weighted by atomic mass is 10.1. The fraction of sp³-hybridized carbons (Fsp3) is 0.429. The number of aromatic nitrogens is 4. The van der Waals surface area contributed by atoms with Gasteiger partial charge in [-0.1, -0.05) is 25.8 Å². The number of imidazole rings is 1. The fourth-order valence-corrected chi connectivity index (χ4v) is 3.95. The number of H-pyrrole nitrogens is 1. The molecule has 0 spiro atoms. The summed E-state index contributed by atoms with van der Waals surface area (Å²) in [5, 5.41) is 0. The van der Waals surface area contributed by atoms with Gasteiger partial charge in [0.05, 0.1) is 12.7 Å². The Morgan fingerprint density at radius 3 is 2.79 bits per heavy atom. The number of nitrogens with zero attached hydrogens (tertiary/aromatic N) is 3. The molecule has 1 aliphatic carbocycles. The highest BCUT2D eigenvalue weighted by molar-refractivity contribution is 5.89. The Labute approximate surface area is 167 Å². The number of benzene rings is 1. The Kier molecular flexibility index (Phi) is 5.33. The Balaban J connectivity index is 1.72. The first-order chi connectivity index (χ1) is 14.1. The van der Waals surface area contributed by atoms with Gasteiger partial charge in [-0.25, -0.2) is 9.78 Å². The van der Waals surface area contributed by atoms with Crippen LogP contribution in [0.25, 0.3) is 11.2 Å². The van der Waals surface area contributed by atoms with Gasteiger partial charge in [0, 0.05) is 12.5 Å². The lowest BCUT2D eigenvalue weighted by Crippen LogP contribution is -2.15. The largest absolute Gasteiger partial charge is 0.465 e. The van der Waals surface area contributed by atoms with E-state index in [4.69, 9.17) is 14.5 Å². The van der Waals surface area contributed by atoms with E-state index in [1.807, 2.05) is 4.57 Å². The van der Waals surface area contributed by atoms with Crippen LogP contribution in [-0.2, 0) is 11.3 Å². The Morgan fingerprint density at radius 2 is 2.07 bits per heavy atom. The van der Waals surface area contributed by atoms with E-state index in [-0.39, 0.29) is 11.6 Å². The molecule has 152 valence electrons. The zero-order chi connectivity index (χ0) is 20.4. The highest BCUT2D eigenvalue weighted by Crippen LogP contribution is 2.34. The second-order valence-corrected chi connectivity index (χ2v) is 7.27. The van der Waals surface area contributed by atoms with Crippen LogP contribution in [0.2, 0.25) is 0 Å². The van der Waals surface area contributed by atoms with Crippen molar-refractivity contribution in [1.82, 2.24) is 19.5 Å². The van der Waals surface area contributed by atoms with E-state index in [1.54, 1.807) is 18.2 Å². The van der Waals surface area contributed by atoms with Crippen LogP contribution >= 0.6 is 0 Å². The first-order valence-electron chi connectivity index (χ1n) is 9.97. The molecule has 2 heterocycles. The number of fused-ring (bicyclic) bond motifs is 1. The van der Waals surface area contributed by atoms with E-state index in [0.717, 1.165) is 31.6 Å². The summed E-state index contributed by atoms with van der Waals surface area (Å²) in [5.74, 6) is 1.23. The predicted octanol–water partition coefficient (Wildman–Crippen LogP) is 3.77. The Morgan fingerprint density at radius 1 is 1.28 bits per heavy atom. The van der Waals surface area contributed by atoms with Crippen molar-refractivity contribution in [2.75, 3.05) is 7.11 Å². The molecule has 0 bridgehead atoms. The van der Waals surface area contributed by atoms with Gasteiger partial charge < -0.3 is 14.0 Å². The number of rotatable bonds is 6. The van der Waals surface area contributed by atoms with Crippen molar-refractivity contribution in [3.05, 3.63) is 46.0 Å². The monoisotopic (exact) mass is 396 g/mol. The van der Waals surface area contributed by atoms with E-state index in [2.05, 4.69) is 16.9 Å². The number of carbonyl (C=O) groups is 1. The standard InChI is InChI=1S/C21H24N4O4/c1-3-11-25-16-17(22-18(25)13-7-4-5-8-13)23-21(24-19(16)26)29-15-10-6-9-14(12-15)20(27)28-2/h6,9-10,12-13H,3-5,7-8,11H2,1-2H3,(H,23,24,26). The summed E-state index contributed by atoms with van der Waals surface area (Å²) in [6.07, 6.45) is 5.47. The third-order valence-corrected chi connectivity index (χ3v) is 5.26. The fourth-order valence-electron chi connectivity index (χ4n) is 3.95. The summed E-state index contributed by atoms with van der Waals surface area (Å²) in [6.45, 7) is 2.81. The maximum Gasteiger partial charge on any atom is 0.337 e. The third kappa shape index (κ3) is 3.74. The molecule has 0 atom stereocenters. The molecule has 29 heavy (non-hydrogen) atoms. The predicted molar refractivity (Wildman–Crippen MR) is 108 cm³/mol. The summed E-state index contributed by atoms with van der Waals surface area (Å²) < 4.78 is 12.5. The molecular weight excluding hydrogens is 372 g/mol. The molecule has 0 radical (unpaired) electrons. The van der Waals surface area contributed by atoms with Crippen molar-refractivity contribution in [3.63, 3.8) is 0 Å². The van der Waals surface area contributed by atoms with Crippen LogP contribution < -0.4 is 10.3 Å². The normalized spacial score (nSPS) is 14.4. The van der Waals surface area contributed by atoms with Gasteiger partial charge in [-0.05, 0) is 37.5 Å². The maximum atomic E-state index is 12.8. The number of hydrogen-bond acceptors (Lipinski definition) is 6. The van der Waals surface area contributed by atoms with E-state index in [9.17, 15) is 9.59 Å². The highest BCUT2D eigenvalue weighted by Gasteiger charge is 2.25. The molecule has 0 aliphatic heterocycles. The maximum absolute atomic E-state index is 12.8. The van der Waals surface area contributed by atoms with Gasteiger partial charge in [-0.3, -0.25) is 9.78 Å². The van der Waals surface area contributed by atoms with Crippen LogP contribution in [0.4, 0.5) is 0 Å². The van der Waals surface area contributed by atoms with Gasteiger partial charge in [-0.15, -0.1) is 0 Å². The van der Waals surface area contributed by atoms with Crippen molar-refractivity contribution in [3.8, 4) is 11.8 Å². The molecule has 8 nitrogen and oxygen atoms in total. The summed E-state index contributed by atoms with van der Waals surface area (Å²) in [4.78, 5) is 36.4. The molecule has 2 aromatic heterocycles. The summed E-state index contributed by atoms with van der Waals surface area (Å²) in [7, 11) is 1.32. The van der Waals surface area contributed by atoms with E-state index in [0.29, 0.717) is 28.4 Å². The van der Waals surface area contributed by atoms with Crippen molar-refractivity contribution in [1.29, 1.82) is 0 Å². The number of ether oxygens (including phenoxy) is 2. The first-order valence-corrected chi connectivity index (χ1v) is 9.97. The van der Waals surface area contributed by atoms with E-state index >= 15 is 0 Å². The zero-order valence-corrected chi connectivity index (χ0v) is 16.6. The summed E-state index contributed by atoms with van der Waals surface area (Å²) in [5.41, 5.74) is 0.955. The minimum Gasteiger partial charge on any atom is -0.465 e. The molecule has 1 N–H and O–H groups in total. The van der Waals surface area contributed by atoms with Crippen LogP contribution in [0, 0.1) is 0 Å². The third-order valence-electron chi connectivity index (χ3n) is 5.26. The number of carbonyl (C=O) groups excluding carboxylic acids is 1. The van der Waals surface area contributed by atoms with Gasteiger partial charge >= 0.3 is 12.0 Å². The van der Waals surface area contributed by atoms with Gasteiger partial charge in [0.25, 0.3) is 5.56 Å². The highest BCUT2D eigenvalue weighted by atomic mass is 16.5. The van der Waals surface area contributed by atoms with Gasteiger partial charge in [-0.2, -0.15) is 4.98 Å². The molecule has 4 rings (SSSR count). The molecule has 0 unspecified atom stereocenters. The minimum absolute atomic E-state index is 0.0450. The molecule has 1 aromatic carbocycles. The molecule has 1 aliphatic rings. The van der Waals surface area contributed by atoms with Crippen molar-refractivity contribution >= 4 is 17.1 Å². The zero-order valence-electron chi connectivity index (χ0n) is 16.6. The van der Waals surface area contributed by atoms with Gasteiger partial charge in [0.15, 0.2) is 11.2 Å². The van der Waals surface area contributed by atoms with Crippen molar-refractivity contribution < 1.29 is 14.3 Å². The Hall–Kier alpha value is -3.16. The molecule has 0 amide bonds. The van der Waals surface area contributed by atoms with Crippen LogP contribution in [0.1, 0.15) is 61.1 Å². The average Bonchev–Trinajstić information content (AvgIpc) is 3.36. The van der Waals surface area contributed by atoms with Crippen LogP contribution in [0.5, 0.6) is 11.8 Å². The molecule has 0 saturated heterocycles. The molecule has 8 heteroatoms. The number of aryl methyl sites for hydroxylation is 1. The second-order valence-electron chi connectivity index (χ2n) is 7.27. The minimum atomic E-state index is -0.466. The number of methoxy groups -OCH3 is 1. The molecule has 3 aromatic rings. The van der Waals surface area contributed by atoms with Gasteiger partial charge in [0.2, 0.25) is 0 Å². The first kappa shape index (κ1) is 19.2. The number of aromatic amines is 1. The molecular formula is C21H24N4O4. The van der Waals surface area contributed by atoms with Crippen molar-refractivity contribution in [2.24, 2.45) is 0 Å². The van der Waals surface area contributed by atoms with Crippen LogP contribution in [0.15, 0.2) is 29.1 Å². The topological polar surface area (TPSA) is 99.1 Å². The van der Waals surface area contributed by atoms with Gasteiger partial charge in [0.1, 0.15) is 11.6 Å². The number of nitrogens with one attached hydrogen (secondary N) is 1. The lowest BCUT2D eigenvalue weighted by molar-refractivity contribution is 0.0600.